The minimum absolute atomic E-state index is 1.04. The maximum atomic E-state index is 4.66. The number of benzene rings is 2. The van der Waals surface area contributed by atoms with Gasteiger partial charge >= 0.3 is 0 Å². The highest BCUT2D eigenvalue weighted by atomic mass is 14.7. The second kappa shape index (κ2) is 9.33. The van der Waals surface area contributed by atoms with Crippen molar-refractivity contribution in [3.8, 4) is 11.3 Å². The molecule has 3 aromatic rings. The van der Waals surface area contributed by atoms with E-state index in [0.717, 1.165) is 25.0 Å². The Kier molecular flexibility index (Phi) is 6.60. The molecule has 1 aromatic heterocycles. The molecule has 0 radical (unpaired) electrons. The van der Waals surface area contributed by atoms with Crippen LogP contribution in [0.15, 0.2) is 66.9 Å². The lowest BCUT2D eigenvalue weighted by Crippen LogP contribution is -1.94. The van der Waals surface area contributed by atoms with E-state index in [4.69, 9.17) is 0 Å². The van der Waals surface area contributed by atoms with E-state index in [2.05, 4.69) is 79.5 Å². The molecule has 0 saturated carbocycles. The maximum Gasteiger partial charge on any atom is 0.0702 e. The maximum absolute atomic E-state index is 4.66. The number of aryl methyl sites for hydroxylation is 4. The van der Waals surface area contributed by atoms with Crippen LogP contribution in [0.5, 0.6) is 0 Å². The summed E-state index contributed by atoms with van der Waals surface area (Å²) < 4.78 is 0. The molecule has 0 aliphatic heterocycles. The number of rotatable bonds is 8. The molecule has 0 saturated heterocycles. The predicted octanol–water partition coefficient (Wildman–Crippen LogP) is 6.44. The lowest BCUT2D eigenvalue weighted by atomic mass is 10.0. The molecule has 26 heavy (non-hydrogen) atoms. The van der Waals surface area contributed by atoms with E-state index in [9.17, 15) is 0 Å². The Balaban J connectivity index is 1.57. The van der Waals surface area contributed by atoms with Crippen LogP contribution in [-0.2, 0) is 25.7 Å². The van der Waals surface area contributed by atoms with Gasteiger partial charge in [-0.2, -0.15) is 0 Å². The molecule has 1 heteroatoms. The van der Waals surface area contributed by atoms with Gasteiger partial charge in [0, 0.05) is 11.8 Å². The number of nitrogens with zero attached hydrogens (tertiary/aromatic N) is 1. The molecule has 1 nitrogen and oxygen atoms in total. The molecule has 134 valence electrons. The standard InChI is InChI=1S/C25H29N/c1-3-5-6-21-7-9-22(10-8-21)11-12-23-15-18-25(26-19-23)24-16-13-20(4-2)14-17-24/h7-10,13-19H,3-6,11-12H2,1-2H3. The van der Waals surface area contributed by atoms with Gasteiger partial charge in [-0.25, -0.2) is 0 Å². The molecule has 2 aromatic carbocycles. The molecule has 0 spiro atoms. The Morgan fingerprint density at radius 2 is 1.19 bits per heavy atom. The first-order chi connectivity index (χ1) is 12.8. The van der Waals surface area contributed by atoms with Crippen LogP contribution in [0, 0.1) is 0 Å². The molecular formula is C25H29N. The zero-order valence-electron chi connectivity index (χ0n) is 16.0. The highest BCUT2D eigenvalue weighted by Crippen LogP contribution is 2.19. The summed E-state index contributed by atoms with van der Waals surface area (Å²) in [5.41, 5.74) is 7.77. The molecule has 0 atom stereocenters. The van der Waals surface area contributed by atoms with Crippen molar-refractivity contribution in [1.82, 2.24) is 4.98 Å². The van der Waals surface area contributed by atoms with Crippen molar-refractivity contribution in [1.29, 1.82) is 0 Å². The molecule has 0 fully saturated rings. The first kappa shape index (κ1) is 18.4. The van der Waals surface area contributed by atoms with Crippen molar-refractivity contribution in [2.75, 3.05) is 0 Å². The van der Waals surface area contributed by atoms with E-state index in [1.165, 1.54) is 47.1 Å². The van der Waals surface area contributed by atoms with Gasteiger partial charge in [0.05, 0.1) is 5.69 Å². The summed E-state index contributed by atoms with van der Waals surface area (Å²) in [5.74, 6) is 0. The van der Waals surface area contributed by atoms with Crippen LogP contribution < -0.4 is 0 Å². The first-order valence-corrected chi connectivity index (χ1v) is 9.90. The molecular weight excluding hydrogens is 314 g/mol. The topological polar surface area (TPSA) is 12.9 Å². The molecule has 3 rings (SSSR count). The summed E-state index contributed by atoms with van der Waals surface area (Å²) in [5, 5.41) is 0. The Morgan fingerprint density at radius 1 is 0.615 bits per heavy atom. The van der Waals surface area contributed by atoms with Gasteiger partial charge in [0.25, 0.3) is 0 Å². The fourth-order valence-corrected chi connectivity index (χ4v) is 3.20. The van der Waals surface area contributed by atoms with Crippen molar-refractivity contribution in [3.63, 3.8) is 0 Å². The van der Waals surface area contributed by atoms with E-state index < -0.39 is 0 Å². The third-order valence-corrected chi connectivity index (χ3v) is 5.03. The number of hydrogen-bond donors (Lipinski definition) is 0. The van der Waals surface area contributed by atoms with Gasteiger partial charge in [0.2, 0.25) is 0 Å². The highest BCUT2D eigenvalue weighted by Gasteiger charge is 2.02. The minimum atomic E-state index is 1.04. The van der Waals surface area contributed by atoms with E-state index in [1.807, 2.05) is 6.20 Å². The number of pyridine rings is 1. The van der Waals surface area contributed by atoms with Crippen LogP contribution in [0.3, 0.4) is 0 Å². The first-order valence-electron chi connectivity index (χ1n) is 9.90. The Bertz CT molecular complexity index is 783. The molecule has 0 amide bonds. The average Bonchev–Trinajstić information content (AvgIpc) is 2.72. The van der Waals surface area contributed by atoms with E-state index in [1.54, 1.807) is 0 Å². The summed E-state index contributed by atoms with van der Waals surface area (Å²) in [4.78, 5) is 4.66. The molecule has 1 heterocycles. The second-order valence-electron chi connectivity index (χ2n) is 7.02. The van der Waals surface area contributed by atoms with Crippen LogP contribution in [-0.4, -0.2) is 4.98 Å². The average molecular weight is 344 g/mol. The predicted molar refractivity (Wildman–Crippen MR) is 112 cm³/mol. The van der Waals surface area contributed by atoms with Crippen molar-refractivity contribution < 1.29 is 0 Å². The van der Waals surface area contributed by atoms with Crippen molar-refractivity contribution in [2.24, 2.45) is 0 Å². The summed E-state index contributed by atoms with van der Waals surface area (Å²) >= 11 is 0. The van der Waals surface area contributed by atoms with Gasteiger partial charge < -0.3 is 0 Å². The van der Waals surface area contributed by atoms with Crippen LogP contribution in [0.25, 0.3) is 11.3 Å². The summed E-state index contributed by atoms with van der Waals surface area (Å²) in [6, 6.07) is 22.2. The lowest BCUT2D eigenvalue weighted by molar-refractivity contribution is 0.794. The van der Waals surface area contributed by atoms with Crippen LogP contribution in [0.1, 0.15) is 48.9 Å². The smallest absolute Gasteiger partial charge is 0.0702 e. The minimum Gasteiger partial charge on any atom is -0.256 e. The van der Waals surface area contributed by atoms with Crippen LogP contribution in [0.4, 0.5) is 0 Å². The van der Waals surface area contributed by atoms with Gasteiger partial charge in [0.1, 0.15) is 0 Å². The Labute approximate surface area is 158 Å². The highest BCUT2D eigenvalue weighted by molar-refractivity contribution is 5.59. The van der Waals surface area contributed by atoms with Gasteiger partial charge in [-0.05, 0) is 60.4 Å². The molecule has 0 aliphatic carbocycles. The molecule has 0 unspecified atom stereocenters. The van der Waals surface area contributed by atoms with Crippen molar-refractivity contribution in [2.45, 2.75) is 52.4 Å². The fraction of sp³-hybridized carbons (Fsp3) is 0.320. The molecule has 0 bridgehead atoms. The fourth-order valence-electron chi connectivity index (χ4n) is 3.20. The zero-order valence-corrected chi connectivity index (χ0v) is 16.0. The number of unbranched alkanes of at least 4 members (excludes halogenated alkanes) is 1. The van der Waals surface area contributed by atoms with Crippen molar-refractivity contribution in [3.05, 3.63) is 89.1 Å². The van der Waals surface area contributed by atoms with Gasteiger partial charge in [-0.1, -0.05) is 74.9 Å². The van der Waals surface area contributed by atoms with Gasteiger partial charge in [-0.3, -0.25) is 4.98 Å². The van der Waals surface area contributed by atoms with Crippen LogP contribution >= 0.6 is 0 Å². The third-order valence-electron chi connectivity index (χ3n) is 5.03. The number of hydrogen-bond acceptors (Lipinski definition) is 1. The van der Waals surface area contributed by atoms with E-state index in [0.29, 0.717) is 0 Å². The summed E-state index contributed by atoms with van der Waals surface area (Å²) in [7, 11) is 0. The summed E-state index contributed by atoms with van der Waals surface area (Å²) in [6.45, 7) is 4.43. The van der Waals surface area contributed by atoms with Gasteiger partial charge in [0.15, 0.2) is 0 Å². The zero-order chi connectivity index (χ0) is 18.2. The molecule has 0 aliphatic rings. The molecule has 0 N–H and O–H groups in total. The number of aromatic nitrogens is 1. The third kappa shape index (κ3) is 5.05. The normalized spacial score (nSPS) is 10.8. The van der Waals surface area contributed by atoms with Crippen LogP contribution in [0.2, 0.25) is 0 Å². The van der Waals surface area contributed by atoms with E-state index >= 15 is 0 Å². The summed E-state index contributed by atoms with van der Waals surface area (Å²) in [6.07, 6.45) is 8.94. The largest absolute Gasteiger partial charge is 0.256 e. The van der Waals surface area contributed by atoms with E-state index in [-0.39, 0.29) is 0 Å². The quantitative estimate of drug-likeness (QED) is 0.458. The second-order valence-corrected chi connectivity index (χ2v) is 7.02. The lowest BCUT2D eigenvalue weighted by Gasteiger charge is -2.06. The Hall–Kier alpha value is -2.41. The van der Waals surface area contributed by atoms with Crippen molar-refractivity contribution >= 4 is 0 Å². The SMILES string of the molecule is CCCCc1ccc(CCc2ccc(-c3ccc(CC)cc3)nc2)cc1. The van der Waals surface area contributed by atoms with Gasteiger partial charge in [-0.15, -0.1) is 0 Å². The monoisotopic (exact) mass is 343 g/mol. The Morgan fingerprint density at radius 3 is 1.77 bits per heavy atom.